The predicted octanol–water partition coefficient (Wildman–Crippen LogP) is 4.52. The van der Waals surface area contributed by atoms with Crippen molar-refractivity contribution < 1.29 is 41.0 Å². The molecule has 0 unspecified atom stereocenters. The van der Waals surface area contributed by atoms with Crippen LogP contribution < -0.4 is 19.7 Å². The zero-order chi connectivity index (χ0) is 23.1. The third kappa shape index (κ3) is 6.58. The van der Waals surface area contributed by atoms with Gasteiger partial charge in [-0.25, -0.2) is 4.39 Å². The van der Waals surface area contributed by atoms with E-state index in [2.05, 4.69) is 14.8 Å². The molecule has 1 aliphatic rings. The van der Waals surface area contributed by atoms with Gasteiger partial charge in [0.1, 0.15) is 17.3 Å². The second-order valence-electron chi connectivity index (χ2n) is 6.54. The van der Waals surface area contributed by atoms with E-state index in [9.17, 15) is 26.7 Å². The van der Waals surface area contributed by atoms with Gasteiger partial charge in [0.15, 0.2) is 0 Å². The van der Waals surface area contributed by atoms with Gasteiger partial charge in [0.25, 0.3) is 0 Å². The van der Waals surface area contributed by atoms with Crippen LogP contribution in [0.3, 0.4) is 0 Å². The second-order valence-corrected chi connectivity index (χ2v) is 6.54. The monoisotopic (exact) mass is 458 g/mol. The second kappa shape index (κ2) is 10.8. The minimum atomic E-state index is -3.22. The molecule has 172 valence electrons. The van der Waals surface area contributed by atoms with Crippen LogP contribution in [0.4, 0.5) is 33.3 Å². The average molecular weight is 458 g/mol. The summed E-state index contributed by atoms with van der Waals surface area (Å²) in [6.45, 7) is -4.27. The minimum Gasteiger partial charge on any atom is -0.435 e. The van der Waals surface area contributed by atoms with E-state index in [-0.39, 0.29) is 17.0 Å². The smallest absolute Gasteiger partial charge is 0.387 e. The number of benzene rings is 2. The van der Waals surface area contributed by atoms with Crippen LogP contribution >= 0.6 is 0 Å². The molecule has 3 rings (SSSR count). The highest BCUT2D eigenvalue weighted by molar-refractivity contribution is 6.02. The minimum absolute atomic E-state index is 0.0240. The van der Waals surface area contributed by atoms with Crippen molar-refractivity contribution in [1.29, 1.82) is 0 Å². The van der Waals surface area contributed by atoms with Crippen LogP contribution in [0.5, 0.6) is 11.5 Å². The lowest BCUT2D eigenvalue weighted by atomic mass is 10.1. The molecule has 11 heteroatoms. The fourth-order valence-corrected chi connectivity index (χ4v) is 3.02. The summed E-state index contributed by atoms with van der Waals surface area (Å²) < 4.78 is 78.0. The van der Waals surface area contributed by atoms with Crippen LogP contribution in [0, 0.1) is 5.82 Å². The van der Waals surface area contributed by atoms with E-state index < -0.39 is 30.7 Å². The molecule has 0 aromatic heterocycles. The van der Waals surface area contributed by atoms with Crippen molar-refractivity contribution in [3.63, 3.8) is 0 Å². The number of carbonyl (C=O) groups excluding carboxylic acids is 1. The molecular formula is C21H19F5N2O4. The van der Waals surface area contributed by atoms with Gasteiger partial charge in [-0.1, -0.05) is 0 Å². The normalized spacial score (nSPS) is 14.3. The maximum Gasteiger partial charge on any atom is 0.387 e. The van der Waals surface area contributed by atoms with Crippen molar-refractivity contribution in [2.24, 2.45) is 0 Å². The summed E-state index contributed by atoms with van der Waals surface area (Å²) in [5.41, 5.74) is 0.608. The van der Waals surface area contributed by atoms with Gasteiger partial charge in [0, 0.05) is 36.5 Å². The number of carbonyl (C=O) groups is 1. The Bertz CT molecular complexity index is 965. The van der Waals surface area contributed by atoms with E-state index in [0.29, 0.717) is 32.0 Å². The summed E-state index contributed by atoms with van der Waals surface area (Å²) in [6.07, 6.45) is 2.16. The van der Waals surface area contributed by atoms with Gasteiger partial charge in [-0.3, -0.25) is 4.79 Å². The number of hydrogen-bond acceptors (Lipinski definition) is 5. The van der Waals surface area contributed by atoms with Crippen molar-refractivity contribution in [2.75, 3.05) is 36.5 Å². The van der Waals surface area contributed by atoms with E-state index in [1.165, 1.54) is 24.3 Å². The number of nitrogens with zero attached hydrogens (tertiary/aromatic N) is 1. The predicted molar refractivity (Wildman–Crippen MR) is 107 cm³/mol. The van der Waals surface area contributed by atoms with Crippen molar-refractivity contribution in [3.8, 4) is 11.5 Å². The lowest BCUT2D eigenvalue weighted by Gasteiger charge is -2.29. The zero-order valence-electron chi connectivity index (χ0n) is 16.6. The molecule has 6 nitrogen and oxygen atoms in total. The zero-order valence-corrected chi connectivity index (χ0v) is 16.6. The van der Waals surface area contributed by atoms with Gasteiger partial charge in [0.05, 0.1) is 18.9 Å². The van der Waals surface area contributed by atoms with Crippen LogP contribution in [0.25, 0.3) is 6.08 Å². The van der Waals surface area contributed by atoms with E-state index in [1.807, 2.05) is 4.90 Å². The topological polar surface area (TPSA) is 60.0 Å². The molecule has 0 saturated carbocycles. The molecule has 1 amide bonds. The van der Waals surface area contributed by atoms with Gasteiger partial charge >= 0.3 is 13.2 Å². The molecular weight excluding hydrogens is 439 g/mol. The lowest BCUT2D eigenvalue weighted by molar-refractivity contribution is -0.111. The quantitative estimate of drug-likeness (QED) is 0.466. The number of nitrogens with one attached hydrogen (secondary N) is 1. The number of morpholine rings is 1. The van der Waals surface area contributed by atoms with Crippen molar-refractivity contribution in [3.05, 3.63) is 53.9 Å². The molecule has 2 aromatic rings. The van der Waals surface area contributed by atoms with E-state index in [0.717, 1.165) is 24.3 Å². The summed E-state index contributed by atoms with van der Waals surface area (Å²) in [5.74, 6) is -2.02. The molecule has 0 radical (unpaired) electrons. The van der Waals surface area contributed by atoms with E-state index in [1.54, 1.807) is 0 Å². The first-order valence-electron chi connectivity index (χ1n) is 9.47. The number of anilines is 2. The van der Waals surface area contributed by atoms with Crippen molar-refractivity contribution in [1.82, 2.24) is 0 Å². The summed E-state index contributed by atoms with van der Waals surface area (Å²) in [6, 6.07) is 7.38. The molecule has 1 fully saturated rings. The van der Waals surface area contributed by atoms with Crippen molar-refractivity contribution in [2.45, 2.75) is 13.2 Å². The Kier molecular flexibility index (Phi) is 7.87. The molecule has 32 heavy (non-hydrogen) atoms. The molecule has 0 atom stereocenters. The summed E-state index contributed by atoms with van der Waals surface area (Å²) in [7, 11) is 0. The average Bonchev–Trinajstić information content (AvgIpc) is 2.73. The van der Waals surface area contributed by atoms with Gasteiger partial charge in [-0.2, -0.15) is 17.6 Å². The van der Waals surface area contributed by atoms with Gasteiger partial charge < -0.3 is 24.4 Å². The maximum absolute atomic E-state index is 14.4. The Morgan fingerprint density at radius 3 is 2.41 bits per heavy atom. The number of amides is 1. The molecule has 1 saturated heterocycles. The largest absolute Gasteiger partial charge is 0.435 e. The highest BCUT2D eigenvalue weighted by Crippen LogP contribution is 2.29. The fraction of sp³-hybridized carbons (Fsp3) is 0.286. The molecule has 0 aliphatic carbocycles. The van der Waals surface area contributed by atoms with Crippen LogP contribution in [-0.4, -0.2) is 45.4 Å². The first kappa shape index (κ1) is 23.3. The number of halogens is 5. The van der Waals surface area contributed by atoms with E-state index >= 15 is 0 Å². The van der Waals surface area contributed by atoms with Crippen LogP contribution in [0.1, 0.15) is 5.56 Å². The summed E-state index contributed by atoms with van der Waals surface area (Å²) >= 11 is 0. The number of alkyl halides is 4. The Labute approximate surface area is 180 Å². The highest BCUT2D eigenvalue weighted by Gasteiger charge is 2.16. The summed E-state index contributed by atoms with van der Waals surface area (Å²) in [4.78, 5) is 14.0. The standard InChI is InChI=1S/C21H19F5N2O4/c22-16-11-14(3-5-17(16)28-7-9-30-10-8-28)27-19(29)6-2-13-1-4-15(31-20(23)24)12-18(13)32-21(25)26/h1-6,11-12,20-21H,7-10H2,(H,27,29)/b6-2+. The third-order valence-electron chi connectivity index (χ3n) is 4.41. The molecule has 1 aliphatic heterocycles. The highest BCUT2D eigenvalue weighted by atomic mass is 19.3. The SMILES string of the molecule is O=C(/C=C/c1ccc(OC(F)F)cc1OC(F)F)Nc1ccc(N2CCOCC2)c(F)c1. The molecule has 0 bridgehead atoms. The molecule has 1 N–H and O–H groups in total. The maximum atomic E-state index is 14.4. The van der Waals surface area contributed by atoms with Gasteiger partial charge in [-0.05, 0) is 36.4 Å². The Balaban J connectivity index is 1.68. The molecule has 1 heterocycles. The number of rotatable bonds is 8. The Morgan fingerprint density at radius 2 is 1.75 bits per heavy atom. The Hall–Kier alpha value is -3.34. The number of hydrogen-bond donors (Lipinski definition) is 1. The lowest BCUT2D eigenvalue weighted by Crippen LogP contribution is -2.36. The molecule has 2 aromatic carbocycles. The third-order valence-corrected chi connectivity index (χ3v) is 4.41. The number of ether oxygens (including phenoxy) is 3. The first-order chi connectivity index (χ1) is 15.3. The van der Waals surface area contributed by atoms with Crippen LogP contribution in [0.2, 0.25) is 0 Å². The van der Waals surface area contributed by atoms with Crippen LogP contribution in [-0.2, 0) is 9.53 Å². The van der Waals surface area contributed by atoms with Gasteiger partial charge in [-0.15, -0.1) is 0 Å². The Morgan fingerprint density at radius 1 is 1.03 bits per heavy atom. The fourth-order valence-electron chi connectivity index (χ4n) is 3.02. The summed E-state index contributed by atoms with van der Waals surface area (Å²) in [5, 5.41) is 2.46. The molecule has 0 spiro atoms. The van der Waals surface area contributed by atoms with Crippen molar-refractivity contribution >= 4 is 23.4 Å². The van der Waals surface area contributed by atoms with Crippen LogP contribution in [0.15, 0.2) is 42.5 Å². The van der Waals surface area contributed by atoms with Gasteiger partial charge in [0.2, 0.25) is 5.91 Å². The van der Waals surface area contributed by atoms with E-state index in [4.69, 9.17) is 4.74 Å². The first-order valence-corrected chi connectivity index (χ1v) is 9.47.